The fourth-order valence-corrected chi connectivity index (χ4v) is 17.0. The average Bonchev–Trinajstić information content (AvgIpc) is 3.52. The van der Waals surface area contributed by atoms with Crippen LogP contribution in [0.4, 0.5) is 0 Å². The molecule has 0 saturated carbocycles. The van der Waals surface area contributed by atoms with Gasteiger partial charge in [-0.25, -0.2) is 0 Å². The molecular formula is C37H38Cl2Zr. The molecule has 2 aliphatic rings. The van der Waals surface area contributed by atoms with E-state index in [0.717, 1.165) is 19.3 Å². The minimum atomic E-state index is -2.66. The topological polar surface area (TPSA) is 0 Å². The van der Waals surface area contributed by atoms with Gasteiger partial charge < -0.3 is 0 Å². The standard InChI is InChI=1S/C13H9.C13H10.C11H17.2ClH.Zr/c1-3-7-12-10(5-1)9-11-6-2-4-8-13(11)12;1-3-7-12(8-4-1)11-13-9-5-2-6-10-13;1-4-9-7-8-10(5-2)11(9)6-3;;;/h1-9H;1-10H;4-7H2,1-3H3;2*1H;. The van der Waals surface area contributed by atoms with Gasteiger partial charge in [0.25, 0.3) is 0 Å². The quantitative estimate of drug-likeness (QED) is 0.188. The van der Waals surface area contributed by atoms with Crippen LogP contribution in [0.2, 0.25) is 0 Å². The second-order valence-corrected chi connectivity index (χ2v) is 16.6. The number of hydrogen-bond donors (Lipinski definition) is 0. The second kappa shape index (κ2) is 13.6. The number of allylic oxidation sites excluding steroid dienone is 4. The molecule has 0 atom stereocenters. The Bertz CT molecular complexity index is 1490. The molecule has 3 heteroatoms. The largest absolute Gasteiger partial charge is 0.147 e. The van der Waals surface area contributed by atoms with Gasteiger partial charge in [0.05, 0.1) is 0 Å². The molecule has 2 aliphatic carbocycles. The third-order valence-corrected chi connectivity index (χ3v) is 17.0. The number of benzene rings is 4. The van der Waals surface area contributed by atoms with Crippen LogP contribution in [0.1, 0.15) is 72.3 Å². The van der Waals surface area contributed by atoms with Crippen molar-refractivity contribution >= 4 is 28.0 Å². The summed E-state index contributed by atoms with van der Waals surface area (Å²) in [5, 5.41) is 0. The minimum absolute atomic E-state index is 0. The molecule has 204 valence electrons. The predicted octanol–water partition coefficient (Wildman–Crippen LogP) is 10.7. The molecular weight excluding hydrogens is 607 g/mol. The van der Waals surface area contributed by atoms with Gasteiger partial charge in [-0.05, 0) is 0 Å². The Kier molecular flexibility index (Phi) is 10.4. The molecule has 4 aromatic carbocycles. The fraction of sp³-hybridized carbons (Fsp3) is 0.216. The van der Waals surface area contributed by atoms with Crippen LogP contribution in [0.25, 0.3) is 11.1 Å². The van der Waals surface area contributed by atoms with Gasteiger partial charge in [-0.15, -0.1) is 24.8 Å². The van der Waals surface area contributed by atoms with Crippen LogP contribution >= 0.6 is 24.8 Å². The Labute approximate surface area is 260 Å². The number of halogens is 2. The first-order chi connectivity index (χ1) is 18.8. The molecule has 0 aliphatic heterocycles. The third-order valence-electron chi connectivity index (χ3n) is 8.52. The van der Waals surface area contributed by atoms with Crippen molar-refractivity contribution < 1.29 is 21.3 Å². The average molecular weight is 645 g/mol. The van der Waals surface area contributed by atoms with E-state index in [1.165, 1.54) is 28.7 Å². The maximum Gasteiger partial charge on any atom is -0.147 e. The smallest absolute Gasteiger partial charge is 0.147 e. The molecule has 40 heavy (non-hydrogen) atoms. The van der Waals surface area contributed by atoms with Crippen molar-refractivity contribution in [2.75, 3.05) is 0 Å². The Morgan fingerprint density at radius 2 is 1.02 bits per heavy atom. The number of fused-ring (bicyclic) bond motifs is 3. The van der Waals surface area contributed by atoms with Crippen molar-refractivity contribution in [3.8, 4) is 11.1 Å². The van der Waals surface area contributed by atoms with Crippen LogP contribution in [0.15, 0.2) is 129 Å². The Hall–Kier alpha value is -2.31. The van der Waals surface area contributed by atoms with E-state index in [0.29, 0.717) is 3.63 Å². The SMILES string of the molecule is CCC1=C(CC)C(CC)=[C]([Zr](=[C](c2ccccc2)c2ccccc2)[CH]2c3ccccc3-c3ccccc32)C1.Cl.Cl. The van der Waals surface area contributed by atoms with Gasteiger partial charge in [0, 0.05) is 0 Å². The summed E-state index contributed by atoms with van der Waals surface area (Å²) in [6, 6.07) is 41.3. The van der Waals surface area contributed by atoms with E-state index >= 15 is 0 Å². The maximum atomic E-state index is 2.43. The molecule has 0 radical (unpaired) electrons. The van der Waals surface area contributed by atoms with Crippen molar-refractivity contribution in [1.82, 2.24) is 0 Å². The summed E-state index contributed by atoms with van der Waals surface area (Å²) >= 11 is -2.66. The second-order valence-electron chi connectivity index (χ2n) is 10.4. The monoisotopic (exact) mass is 642 g/mol. The normalized spacial score (nSPS) is 13.9. The summed E-state index contributed by atoms with van der Waals surface area (Å²) in [7, 11) is 0. The molecule has 0 unspecified atom stereocenters. The number of rotatable bonds is 7. The minimum Gasteiger partial charge on any atom is -0.147 e. The van der Waals surface area contributed by atoms with Crippen LogP contribution in [0.3, 0.4) is 0 Å². The molecule has 0 nitrogen and oxygen atoms in total. The van der Waals surface area contributed by atoms with Crippen LogP contribution in [-0.4, -0.2) is 3.21 Å². The van der Waals surface area contributed by atoms with Crippen LogP contribution in [0.5, 0.6) is 0 Å². The van der Waals surface area contributed by atoms with Crippen LogP contribution in [0, 0.1) is 0 Å². The number of hydrogen-bond acceptors (Lipinski definition) is 0. The summed E-state index contributed by atoms with van der Waals surface area (Å²) in [5.41, 5.74) is 13.9. The molecule has 4 aromatic rings. The van der Waals surface area contributed by atoms with Crippen molar-refractivity contribution in [3.05, 3.63) is 151 Å². The van der Waals surface area contributed by atoms with E-state index in [-0.39, 0.29) is 24.8 Å². The first-order valence-corrected chi connectivity index (χ1v) is 18.1. The Balaban J connectivity index is 0.00000185. The first kappa shape index (κ1) is 30.6. The van der Waals surface area contributed by atoms with Gasteiger partial charge in [0.15, 0.2) is 0 Å². The zero-order valence-corrected chi connectivity index (χ0v) is 27.7. The third kappa shape index (κ3) is 5.34. The zero-order chi connectivity index (χ0) is 26.1. The summed E-state index contributed by atoms with van der Waals surface area (Å²) in [6.45, 7) is 7.13. The molecule has 0 spiro atoms. The van der Waals surface area contributed by atoms with Gasteiger partial charge >= 0.3 is 237 Å². The summed E-state index contributed by atoms with van der Waals surface area (Å²) in [6.07, 6.45) is 4.63. The first-order valence-electron chi connectivity index (χ1n) is 14.2. The van der Waals surface area contributed by atoms with Crippen molar-refractivity contribution in [2.24, 2.45) is 0 Å². The van der Waals surface area contributed by atoms with Gasteiger partial charge in [0.2, 0.25) is 0 Å². The van der Waals surface area contributed by atoms with E-state index in [1.807, 2.05) is 3.28 Å². The molecule has 0 aromatic heterocycles. The molecule has 0 fully saturated rings. The van der Waals surface area contributed by atoms with Gasteiger partial charge in [-0.3, -0.25) is 0 Å². The molecule has 0 N–H and O–H groups in total. The van der Waals surface area contributed by atoms with Crippen LogP contribution < -0.4 is 0 Å². The molecule has 0 saturated heterocycles. The van der Waals surface area contributed by atoms with E-state index in [2.05, 4.69) is 130 Å². The maximum absolute atomic E-state index is 2.66. The molecule has 0 bridgehead atoms. The fourth-order valence-electron chi connectivity index (χ4n) is 6.93. The molecule has 6 rings (SSSR count). The van der Waals surface area contributed by atoms with E-state index < -0.39 is 21.3 Å². The van der Waals surface area contributed by atoms with E-state index in [4.69, 9.17) is 0 Å². The van der Waals surface area contributed by atoms with Crippen molar-refractivity contribution in [1.29, 1.82) is 0 Å². The van der Waals surface area contributed by atoms with E-state index in [9.17, 15) is 0 Å². The van der Waals surface area contributed by atoms with Gasteiger partial charge in [-0.1, -0.05) is 0 Å². The van der Waals surface area contributed by atoms with Gasteiger partial charge in [0.1, 0.15) is 0 Å². The van der Waals surface area contributed by atoms with Crippen molar-refractivity contribution in [3.63, 3.8) is 0 Å². The molecule has 0 heterocycles. The summed E-state index contributed by atoms with van der Waals surface area (Å²) < 4.78 is 3.97. The Morgan fingerprint density at radius 3 is 1.48 bits per heavy atom. The van der Waals surface area contributed by atoms with Crippen LogP contribution in [-0.2, 0) is 21.3 Å². The summed E-state index contributed by atoms with van der Waals surface area (Å²) in [4.78, 5) is 0. The Morgan fingerprint density at radius 1 is 0.575 bits per heavy atom. The van der Waals surface area contributed by atoms with Gasteiger partial charge in [-0.2, -0.15) is 0 Å². The zero-order valence-electron chi connectivity index (χ0n) is 23.6. The van der Waals surface area contributed by atoms with E-state index in [1.54, 1.807) is 31.1 Å². The molecule has 0 amide bonds. The summed E-state index contributed by atoms with van der Waals surface area (Å²) in [5.74, 6) is 0. The predicted molar refractivity (Wildman–Crippen MR) is 174 cm³/mol. The van der Waals surface area contributed by atoms with Crippen molar-refractivity contribution in [2.45, 2.75) is 50.1 Å².